The lowest BCUT2D eigenvalue weighted by atomic mass is 10.3. The van der Waals surface area contributed by atoms with E-state index in [2.05, 4.69) is 25.3 Å². The molecule has 0 aliphatic carbocycles. The van der Waals surface area contributed by atoms with Crippen LogP contribution in [0.25, 0.3) is 0 Å². The normalized spacial score (nSPS) is 9.95. The van der Waals surface area contributed by atoms with Crippen molar-refractivity contribution in [1.29, 1.82) is 0 Å². The molecule has 0 atom stereocenters. The van der Waals surface area contributed by atoms with Crippen molar-refractivity contribution in [3.63, 3.8) is 0 Å². The topological polar surface area (TPSA) is 118 Å². The molecular weight excluding hydrogens is 250 g/mol. The maximum absolute atomic E-state index is 11.2. The lowest BCUT2D eigenvalue weighted by molar-refractivity contribution is 0.0691. The van der Waals surface area contributed by atoms with Crippen LogP contribution in [0.4, 0.5) is 11.5 Å². The number of hydrogen-bond donors (Lipinski definition) is 2. The Kier molecular flexibility index (Phi) is 3.42. The van der Waals surface area contributed by atoms with Gasteiger partial charge in [-0.2, -0.15) is 0 Å². The number of Topliss-reactive ketones (excluding diaryl/α,β-unsaturated/α-hetero) is 1. The van der Waals surface area contributed by atoms with E-state index in [9.17, 15) is 9.59 Å². The smallest absolute Gasteiger partial charge is 0.358 e. The molecule has 2 heterocycles. The summed E-state index contributed by atoms with van der Waals surface area (Å²) in [7, 11) is 0. The van der Waals surface area contributed by atoms with Gasteiger partial charge in [0.15, 0.2) is 17.3 Å². The minimum atomic E-state index is -1.28. The predicted octanol–water partition coefficient (Wildman–Crippen LogP) is 0.911. The van der Waals surface area contributed by atoms with Gasteiger partial charge in [0.05, 0.1) is 24.3 Å². The van der Waals surface area contributed by atoms with E-state index < -0.39 is 5.97 Å². The largest absolute Gasteiger partial charge is 0.476 e. The van der Waals surface area contributed by atoms with Crippen LogP contribution in [0.2, 0.25) is 0 Å². The van der Waals surface area contributed by atoms with Gasteiger partial charge in [0.25, 0.3) is 0 Å². The summed E-state index contributed by atoms with van der Waals surface area (Å²) in [5.74, 6) is -1.62. The standard InChI is InChI=1S/C11H9N5O3/c1-6(17)8-4-14-10(9(16-8)11(18)19)15-7-2-12-5-13-3-7/h2-5H,1H3,(H,14,15)(H,18,19). The van der Waals surface area contributed by atoms with Crippen molar-refractivity contribution in [2.45, 2.75) is 6.92 Å². The zero-order chi connectivity index (χ0) is 13.8. The Hall–Kier alpha value is -2.90. The van der Waals surface area contributed by atoms with E-state index in [-0.39, 0.29) is 23.0 Å². The van der Waals surface area contributed by atoms with Crippen LogP contribution in [0.1, 0.15) is 27.9 Å². The highest BCUT2D eigenvalue weighted by Gasteiger charge is 2.16. The maximum atomic E-state index is 11.2. The van der Waals surface area contributed by atoms with Crippen molar-refractivity contribution >= 4 is 23.3 Å². The summed E-state index contributed by atoms with van der Waals surface area (Å²) in [5, 5.41) is 11.8. The van der Waals surface area contributed by atoms with Crippen LogP contribution < -0.4 is 5.32 Å². The van der Waals surface area contributed by atoms with Crippen LogP contribution in [-0.4, -0.2) is 36.8 Å². The van der Waals surface area contributed by atoms with Crippen LogP contribution in [0.5, 0.6) is 0 Å². The van der Waals surface area contributed by atoms with Gasteiger partial charge >= 0.3 is 5.97 Å². The minimum Gasteiger partial charge on any atom is -0.476 e. The van der Waals surface area contributed by atoms with Crippen LogP contribution in [0, 0.1) is 0 Å². The first-order valence-electron chi connectivity index (χ1n) is 5.21. The maximum Gasteiger partial charge on any atom is 0.358 e. The molecule has 19 heavy (non-hydrogen) atoms. The number of carbonyl (C=O) groups is 2. The number of aromatic carboxylic acids is 1. The highest BCUT2D eigenvalue weighted by atomic mass is 16.4. The molecule has 0 amide bonds. The number of carboxylic acids is 1. The average Bonchev–Trinajstić information content (AvgIpc) is 2.39. The SMILES string of the molecule is CC(=O)c1cnc(Nc2cncnc2)c(C(=O)O)n1. The molecular formula is C11H9N5O3. The molecule has 0 aliphatic heterocycles. The lowest BCUT2D eigenvalue weighted by Crippen LogP contribution is -2.11. The fourth-order valence-corrected chi connectivity index (χ4v) is 1.30. The van der Waals surface area contributed by atoms with E-state index in [1.165, 1.54) is 31.8 Å². The predicted molar refractivity (Wildman–Crippen MR) is 64.3 cm³/mol. The van der Waals surface area contributed by atoms with E-state index in [0.717, 1.165) is 0 Å². The van der Waals surface area contributed by atoms with E-state index in [4.69, 9.17) is 5.11 Å². The molecule has 0 saturated carbocycles. The summed E-state index contributed by atoms with van der Waals surface area (Å²) >= 11 is 0. The minimum absolute atomic E-state index is 0.00717. The number of aromatic nitrogens is 4. The monoisotopic (exact) mass is 259 g/mol. The highest BCUT2D eigenvalue weighted by Crippen LogP contribution is 2.16. The van der Waals surface area contributed by atoms with Gasteiger partial charge in [-0.1, -0.05) is 0 Å². The van der Waals surface area contributed by atoms with Crippen LogP contribution in [0.3, 0.4) is 0 Å². The van der Waals surface area contributed by atoms with Gasteiger partial charge < -0.3 is 10.4 Å². The lowest BCUT2D eigenvalue weighted by Gasteiger charge is -2.07. The first-order chi connectivity index (χ1) is 9.08. The van der Waals surface area contributed by atoms with Gasteiger partial charge in [0, 0.05) is 6.92 Å². The molecule has 0 aliphatic rings. The van der Waals surface area contributed by atoms with E-state index in [1.807, 2.05) is 0 Å². The second-order valence-corrected chi connectivity index (χ2v) is 3.57. The molecule has 0 aromatic carbocycles. The second kappa shape index (κ2) is 5.17. The molecule has 0 radical (unpaired) electrons. The van der Waals surface area contributed by atoms with Crippen molar-refractivity contribution in [2.75, 3.05) is 5.32 Å². The molecule has 96 valence electrons. The Morgan fingerprint density at radius 1 is 1.21 bits per heavy atom. The fraction of sp³-hybridized carbons (Fsp3) is 0.0909. The Morgan fingerprint density at radius 3 is 2.47 bits per heavy atom. The van der Waals surface area contributed by atoms with Crippen LogP contribution in [0.15, 0.2) is 24.9 Å². The van der Waals surface area contributed by atoms with E-state index in [0.29, 0.717) is 5.69 Å². The zero-order valence-electron chi connectivity index (χ0n) is 9.86. The fourth-order valence-electron chi connectivity index (χ4n) is 1.30. The Balaban J connectivity index is 2.40. The molecule has 0 bridgehead atoms. The summed E-state index contributed by atoms with van der Waals surface area (Å²) in [6.07, 6.45) is 5.47. The van der Waals surface area contributed by atoms with Crippen molar-refractivity contribution in [1.82, 2.24) is 19.9 Å². The molecule has 2 aromatic rings. The molecule has 0 saturated heterocycles. The summed E-state index contributed by atoms with van der Waals surface area (Å²) in [4.78, 5) is 37.4. The number of carboxylic acid groups (broad SMARTS) is 1. The summed E-state index contributed by atoms with van der Waals surface area (Å²) < 4.78 is 0. The van der Waals surface area contributed by atoms with Gasteiger partial charge in [-0.05, 0) is 0 Å². The van der Waals surface area contributed by atoms with E-state index in [1.54, 1.807) is 0 Å². The number of hydrogen-bond acceptors (Lipinski definition) is 7. The van der Waals surface area contributed by atoms with Gasteiger partial charge in [-0.15, -0.1) is 0 Å². The second-order valence-electron chi connectivity index (χ2n) is 3.57. The van der Waals surface area contributed by atoms with Gasteiger partial charge in [0.1, 0.15) is 12.0 Å². The molecule has 2 N–H and O–H groups in total. The van der Waals surface area contributed by atoms with Crippen molar-refractivity contribution < 1.29 is 14.7 Å². The average molecular weight is 259 g/mol. The third kappa shape index (κ3) is 2.86. The number of carbonyl (C=O) groups excluding carboxylic acids is 1. The number of nitrogens with zero attached hydrogens (tertiary/aromatic N) is 4. The van der Waals surface area contributed by atoms with Gasteiger partial charge in [0.2, 0.25) is 0 Å². The first-order valence-corrected chi connectivity index (χ1v) is 5.21. The third-order valence-electron chi connectivity index (χ3n) is 2.16. The molecule has 8 heteroatoms. The molecule has 8 nitrogen and oxygen atoms in total. The molecule has 2 aromatic heterocycles. The highest BCUT2D eigenvalue weighted by molar-refractivity contribution is 5.96. The Bertz CT molecular complexity index is 629. The van der Waals surface area contributed by atoms with Crippen LogP contribution in [-0.2, 0) is 0 Å². The Morgan fingerprint density at radius 2 is 1.89 bits per heavy atom. The summed E-state index contributed by atoms with van der Waals surface area (Å²) in [5.41, 5.74) is 0.124. The van der Waals surface area contributed by atoms with E-state index >= 15 is 0 Å². The van der Waals surface area contributed by atoms with Crippen molar-refractivity contribution in [3.8, 4) is 0 Å². The summed E-state index contributed by atoms with van der Waals surface area (Å²) in [6.45, 7) is 1.29. The molecule has 0 unspecified atom stereocenters. The quantitative estimate of drug-likeness (QED) is 0.778. The zero-order valence-corrected chi connectivity index (χ0v) is 9.86. The number of anilines is 2. The third-order valence-corrected chi connectivity index (χ3v) is 2.16. The summed E-state index contributed by atoms with van der Waals surface area (Å²) in [6, 6.07) is 0. The molecule has 0 spiro atoms. The molecule has 2 rings (SSSR count). The first kappa shape index (κ1) is 12.6. The van der Waals surface area contributed by atoms with Crippen molar-refractivity contribution in [2.24, 2.45) is 0 Å². The van der Waals surface area contributed by atoms with Crippen molar-refractivity contribution in [3.05, 3.63) is 36.3 Å². The number of rotatable bonds is 4. The number of ketones is 1. The number of nitrogens with one attached hydrogen (secondary N) is 1. The Labute approximate surface area is 107 Å². The van der Waals surface area contributed by atoms with Crippen LogP contribution >= 0.6 is 0 Å². The van der Waals surface area contributed by atoms with Gasteiger partial charge in [-0.25, -0.2) is 24.7 Å². The van der Waals surface area contributed by atoms with Gasteiger partial charge in [-0.3, -0.25) is 4.79 Å². The molecule has 0 fully saturated rings.